The first-order valence-electron chi connectivity index (χ1n) is 8.86. The highest BCUT2D eigenvalue weighted by molar-refractivity contribution is 5.78. The Labute approximate surface area is 148 Å². The third-order valence-corrected chi connectivity index (χ3v) is 4.89. The lowest BCUT2D eigenvalue weighted by molar-refractivity contribution is -0.136. The highest BCUT2D eigenvalue weighted by Crippen LogP contribution is 2.34. The quantitative estimate of drug-likeness (QED) is 0.844. The van der Waals surface area contributed by atoms with Gasteiger partial charge in [-0.3, -0.25) is 4.79 Å². The molecule has 25 heavy (non-hydrogen) atoms. The number of halogens is 1. The highest BCUT2D eigenvalue weighted by atomic mass is 19.1. The Morgan fingerprint density at radius 3 is 2.88 bits per heavy atom. The van der Waals surface area contributed by atoms with E-state index in [9.17, 15) is 9.18 Å². The number of benzene rings is 1. The Kier molecular flexibility index (Phi) is 4.93. The van der Waals surface area contributed by atoms with Gasteiger partial charge in [-0.05, 0) is 31.4 Å². The van der Waals surface area contributed by atoms with Crippen LogP contribution in [0.4, 0.5) is 4.39 Å². The van der Waals surface area contributed by atoms with E-state index in [2.05, 4.69) is 11.9 Å². The molecular formula is C20H25FN2O2. The maximum Gasteiger partial charge on any atom is 0.225 e. The Balaban J connectivity index is 1.76. The molecule has 1 amide bonds. The van der Waals surface area contributed by atoms with Crippen molar-refractivity contribution < 1.29 is 13.6 Å². The van der Waals surface area contributed by atoms with Crippen molar-refractivity contribution in [3.63, 3.8) is 0 Å². The van der Waals surface area contributed by atoms with E-state index < -0.39 is 0 Å². The van der Waals surface area contributed by atoms with Crippen molar-refractivity contribution in [3.05, 3.63) is 53.5 Å². The van der Waals surface area contributed by atoms with Crippen LogP contribution in [0, 0.1) is 11.7 Å². The van der Waals surface area contributed by atoms with Crippen LogP contribution in [0.15, 0.2) is 34.9 Å². The van der Waals surface area contributed by atoms with Gasteiger partial charge in [-0.25, -0.2) is 9.37 Å². The van der Waals surface area contributed by atoms with Crippen LogP contribution in [0.2, 0.25) is 0 Å². The zero-order chi connectivity index (χ0) is 18.0. The molecule has 0 spiro atoms. The topological polar surface area (TPSA) is 46.3 Å². The molecule has 1 fully saturated rings. The van der Waals surface area contributed by atoms with Crippen LogP contribution in [0.5, 0.6) is 0 Å². The molecule has 5 heteroatoms. The standard InChI is InChI=1S/C20H25FN2O2/c1-14(2)18(24)23-10-6-9-20(3,13-23)19-22-12-16(25-19)11-15-7-4-5-8-17(15)21/h4-5,7-8,12,14H,6,9-11,13H2,1-3H3/t20-/m0/s1. The Morgan fingerprint density at radius 2 is 2.16 bits per heavy atom. The highest BCUT2D eigenvalue weighted by Gasteiger charge is 2.38. The fourth-order valence-electron chi connectivity index (χ4n) is 3.47. The summed E-state index contributed by atoms with van der Waals surface area (Å²) in [4.78, 5) is 18.7. The van der Waals surface area contributed by atoms with Crippen molar-refractivity contribution in [2.24, 2.45) is 5.92 Å². The first-order chi connectivity index (χ1) is 11.9. The van der Waals surface area contributed by atoms with Crippen molar-refractivity contribution in [3.8, 4) is 0 Å². The second-order valence-corrected chi connectivity index (χ2v) is 7.48. The van der Waals surface area contributed by atoms with Crippen LogP contribution >= 0.6 is 0 Å². The van der Waals surface area contributed by atoms with Gasteiger partial charge < -0.3 is 9.32 Å². The van der Waals surface area contributed by atoms with Crippen LogP contribution in [0.1, 0.15) is 50.8 Å². The zero-order valence-electron chi connectivity index (χ0n) is 15.1. The predicted molar refractivity (Wildman–Crippen MR) is 93.7 cm³/mol. The van der Waals surface area contributed by atoms with Gasteiger partial charge in [0.2, 0.25) is 11.8 Å². The largest absolute Gasteiger partial charge is 0.445 e. The van der Waals surface area contributed by atoms with Crippen LogP contribution in [0.3, 0.4) is 0 Å². The molecule has 0 radical (unpaired) electrons. The van der Waals surface area contributed by atoms with Gasteiger partial charge in [-0.15, -0.1) is 0 Å². The van der Waals surface area contributed by atoms with Gasteiger partial charge in [0.25, 0.3) is 0 Å². The first kappa shape index (κ1) is 17.6. The summed E-state index contributed by atoms with van der Waals surface area (Å²) in [5, 5.41) is 0. The van der Waals surface area contributed by atoms with Crippen molar-refractivity contribution in [1.29, 1.82) is 0 Å². The van der Waals surface area contributed by atoms with Crippen LogP contribution < -0.4 is 0 Å². The number of hydrogen-bond acceptors (Lipinski definition) is 3. The Morgan fingerprint density at radius 1 is 1.40 bits per heavy atom. The number of likely N-dealkylation sites (tertiary alicyclic amines) is 1. The molecule has 1 aromatic carbocycles. The van der Waals surface area contributed by atoms with Crippen LogP contribution in [-0.4, -0.2) is 28.9 Å². The van der Waals surface area contributed by atoms with Gasteiger partial charge in [-0.1, -0.05) is 32.0 Å². The van der Waals surface area contributed by atoms with Crippen molar-refractivity contribution in [2.75, 3.05) is 13.1 Å². The molecule has 1 aromatic heterocycles. The molecule has 3 rings (SSSR count). The lowest BCUT2D eigenvalue weighted by Crippen LogP contribution is -2.48. The third-order valence-electron chi connectivity index (χ3n) is 4.89. The monoisotopic (exact) mass is 344 g/mol. The molecule has 1 saturated heterocycles. The lowest BCUT2D eigenvalue weighted by atomic mass is 9.81. The first-order valence-corrected chi connectivity index (χ1v) is 8.86. The number of carbonyl (C=O) groups is 1. The van der Waals surface area contributed by atoms with Gasteiger partial charge >= 0.3 is 0 Å². The van der Waals surface area contributed by atoms with E-state index in [0.29, 0.717) is 30.2 Å². The maximum atomic E-state index is 13.8. The van der Waals surface area contributed by atoms with E-state index in [-0.39, 0.29) is 23.1 Å². The molecule has 0 saturated carbocycles. The molecule has 134 valence electrons. The summed E-state index contributed by atoms with van der Waals surface area (Å²) in [6, 6.07) is 6.69. The van der Waals surface area contributed by atoms with Crippen molar-refractivity contribution in [2.45, 2.75) is 45.4 Å². The summed E-state index contributed by atoms with van der Waals surface area (Å²) in [5.41, 5.74) is 0.298. The number of oxazole rings is 1. The minimum Gasteiger partial charge on any atom is -0.445 e. The molecule has 1 aliphatic heterocycles. The lowest BCUT2D eigenvalue weighted by Gasteiger charge is -2.39. The third kappa shape index (κ3) is 3.75. The molecule has 2 heterocycles. The van der Waals surface area contributed by atoms with Crippen molar-refractivity contribution in [1.82, 2.24) is 9.88 Å². The van der Waals surface area contributed by atoms with Crippen LogP contribution in [0.25, 0.3) is 0 Å². The molecule has 4 nitrogen and oxygen atoms in total. The Bertz CT molecular complexity index is 756. The van der Waals surface area contributed by atoms with Crippen molar-refractivity contribution >= 4 is 5.91 Å². The van der Waals surface area contributed by atoms with Gasteiger partial charge in [0, 0.05) is 25.4 Å². The maximum absolute atomic E-state index is 13.8. The minimum absolute atomic E-state index is 0.0106. The summed E-state index contributed by atoms with van der Waals surface area (Å²) in [6.45, 7) is 7.34. The SMILES string of the molecule is CC(C)C(=O)N1CCC[C@](C)(c2ncc(Cc3ccccc3F)o2)C1. The number of aromatic nitrogens is 1. The second-order valence-electron chi connectivity index (χ2n) is 7.48. The summed E-state index contributed by atoms with van der Waals surface area (Å²) in [7, 11) is 0. The van der Waals surface area contributed by atoms with E-state index >= 15 is 0 Å². The van der Waals surface area contributed by atoms with Gasteiger partial charge in [0.1, 0.15) is 11.6 Å². The molecule has 0 bridgehead atoms. The van der Waals surface area contributed by atoms with Gasteiger partial charge in [-0.2, -0.15) is 0 Å². The molecule has 1 atom stereocenters. The molecular weight excluding hydrogens is 319 g/mol. The van der Waals surface area contributed by atoms with E-state index in [0.717, 1.165) is 19.4 Å². The average molecular weight is 344 g/mol. The molecule has 2 aromatic rings. The molecule has 0 aliphatic carbocycles. The van der Waals surface area contributed by atoms with E-state index in [1.807, 2.05) is 24.8 Å². The fraction of sp³-hybridized carbons (Fsp3) is 0.500. The predicted octanol–water partition coefficient (Wildman–Crippen LogP) is 3.94. The van der Waals surface area contributed by atoms with Gasteiger partial charge in [0.15, 0.2) is 0 Å². The van der Waals surface area contributed by atoms with E-state index in [1.165, 1.54) is 6.07 Å². The Hall–Kier alpha value is -2.17. The fourth-order valence-corrected chi connectivity index (χ4v) is 3.47. The minimum atomic E-state index is -0.295. The smallest absolute Gasteiger partial charge is 0.225 e. The summed E-state index contributed by atoms with van der Waals surface area (Å²) >= 11 is 0. The number of nitrogens with zero attached hydrogens (tertiary/aromatic N) is 2. The summed E-state index contributed by atoms with van der Waals surface area (Å²) in [6.07, 6.45) is 3.91. The normalized spacial score (nSPS) is 20.9. The molecule has 0 unspecified atom stereocenters. The number of hydrogen-bond donors (Lipinski definition) is 0. The van der Waals surface area contributed by atoms with Crippen LogP contribution in [-0.2, 0) is 16.6 Å². The number of carbonyl (C=O) groups excluding carboxylic acids is 1. The molecule has 0 N–H and O–H groups in total. The number of piperidine rings is 1. The number of amides is 1. The zero-order valence-corrected chi connectivity index (χ0v) is 15.1. The summed E-state index contributed by atoms with van der Waals surface area (Å²) in [5.74, 6) is 1.21. The molecule has 1 aliphatic rings. The van der Waals surface area contributed by atoms with E-state index in [4.69, 9.17) is 4.42 Å². The second kappa shape index (κ2) is 6.98. The average Bonchev–Trinajstić information content (AvgIpc) is 3.06. The van der Waals surface area contributed by atoms with Gasteiger partial charge in [0.05, 0.1) is 11.6 Å². The number of rotatable bonds is 4. The summed E-state index contributed by atoms with van der Waals surface area (Å²) < 4.78 is 19.8. The van der Waals surface area contributed by atoms with E-state index in [1.54, 1.807) is 18.3 Å².